The van der Waals surface area contributed by atoms with E-state index in [9.17, 15) is 14.9 Å². The Morgan fingerprint density at radius 1 is 1.07 bits per heavy atom. The molecule has 3 rings (SSSR count). The molecule has 0 fully saturated rings. The molecule has 0 aliphatic rings. The standard InChI is InChI=1S/C20H19N5O5/c1-3-30-14-10-8-13(9-11-14)23-18-17(25(27)28)19(22-12-21-18)24-16-7-5-4-6-15(16)20(26)29-2/h4-12H,3H2,1-2H3,(H2,21,22,23,24). The number of anilines is 4. The normalized spacial score (nSPS) is 10.2. The Labute approximate surface area is 172 Å². The van der Waals surface area contributed by atoms with E-state index in [-0.39, 0.29) is 22.9 Å². The number of para-hydroxylation sites is 1. The summed E-state index contributed by atoms with van der Waals surface area (Å²) in [6, 6.07) is 13.4. The first-order valence-electron chi connectivity index (χ1n) is 8.97. The Hall–Kier alpha value is -4.21. The van der Waals surface area contributed by atoms with E-state index in [4.69, 9.17) is 9.47 Å². The van der Waals surface area contributed by atoms with Gasteiger partial charge >= 0.3 is 11.7 Å². The summed E-state index contributed by atoms with van der Waals surface area (Å²) in [7, 11) is 1.26. The van der Waals surface area contributed by atoms with Crippen LogP contribution in [0.15, 0.2) is 54.9 Å². The SMILES string of the molecule is CCOc1ccc(Nc2ncnc(Nc3ccccc3C(=O)OC)c2[N+](=O)[O-])cc1. The highest BCUT2D eigenvalue weighted by molar-refractivity contribution is 5.96. The van der Waals surface area contributed by atoms with Crippen molar-refractivity contribution in [3.63, 3.8) is 0 Å². The average Bonchev–Trinajstić information content (AvgIpc) is 2.75. The van der Waals surface area contributed by atoms with Crippen LogP contribution in [-0.2, 0) is 4.74 Å². The van der Waals surface area contributed by atoms with Gasteiger partial charge in [0, 0.05) is 5.69 Å². The third-order valence-corrected chi connectivity index (χ3v) is 4.02. The van der Waals surface area contributed by atoms with Gasteiger partial charge in [0.15, 0.2) is 0 Å². The number of methoxy groups -OCH3 is 1. The van der Waals surface area contributed by atoms with Crippen molar-refractivity contribution in [3.8, 4) is 5.75 Å². The Bertz CT molecular complexity index is 1060. The van der Waals surface area contributed by atoms with E-state index >= 15 is 0 Å². The molecule has 0 spiro atoms. The van der Waals surface area contributed by atoms with Crippen LogP contribution in [0.3, 0.4) is 0 Å². The van der Waals surface area contributed by atoms with E-state index in [1.165, 1.54) is 13.4 Å². The highest BCUT2D eigenvalue weighted by Crippen LogP contribution is 2.34. The fourth-order valence-corrected chi connectivity index (χ4v) is 2.68. The predicted molar refractivity (Wildman–Crippen MR) is 111 cm³/mol. The third-order valence-electron chi connectivity index (χ3n) is 4.02. The summed E-state index contributed by atoms with van der Waals surface area (Å²) in [5, 5.41) is 17.5. The molecule has 10 heteroatoms. The quantitative estimate of drug-likeness (QED) is 0.321. The van der Waals surface area contributed by atoms with Gasteiger partial charge in [0.1, 0.15) is 12.1 Å². The fraction of sp³-hybridized carbons (Fsp3) is 0.150. The summed E-state index contributed by atoms with van der Waals surface area (Å²) in [5.41, 5.74) is 0.749. The fourth-order valence-electron chi connectivity index (χ4n) is 2.68. The molecule has 30 heavy (non-hydrogen) atoms. The van der Waals surface area contributed by atoms with Crippen LogP contribution in [0.2, 0.25) is 0 Å². The van der Waals surface area contributed by atoms with E-state index in [2.05, 4.69) is 20.6 Å². The van der Waals surface area contributed by atoms with E-state index in [1.807, 2.05) is 6.92 Å². The number of benzene rings is 2. The second-order valence-corrected chi connectivity index (χ2v) is 5.92. The Morgan fingerprint density at radius 2 is 1.73 bits per heavy atom. The maximum atomic E-state index is 12.0. The van der Waals surface area contributed by atoms with Crippen LogP contribution in [0.5, 0.6) is 5.75 Å². The molecule has 2 aromatic carbocycles. The molecule has 1 aromatic heterocycles. The van der Waals surface area contributed by atoms with E-state index in [0.29, 0.717) is 23.7 Å². The molecule has 0 saturated heterocycles. The molecule has 0 bridgehead atoms. The van der Waals surface area contributed by atoms with Crippen molar-refractivity contribution >= 4 is 34.7 Å². The van der Waals surface area contributed by atoms with E-state index in [1.54, 1.807) is 48.5 Å². The topological polar surface area (TPSA) is 129 Å². The number of nitro groups is 1. The number of nitrogens with one attached hydrogen (secondary N) is 2. The summed E-state index contributed by atoms with van der Waals surface area (Å²) in [5.74, 6) is 0.0292. The first-order valence-corrected chi connectivity index (χ1v) is 8.97. The lowest BCUT2D eigenvalue weighted by molar-refractivity contribution is -0.383. The monoisotopic (exact) mass is 409 g/mol. The predicted octanol–water partition coefficient (Wildman–Crippen LogP) is 4.06. The van der Waals surface area contributed by atoms with Crippen molar-refractivity contribution in [2.45, 2.75) is 6.92 Å². The molecule has 1 heterocycles. The van der Waals surface area contributed by atoms with E-state index < -0.39 is 10.9 Å². The second kappa shape index (κ2) is 9.32. The van der Waals surface area contributed by atoms with Crippen molar-refractivity contribution < 1.29 is 19.2 Å². The average molecular weight is 409 g/mol. The van der Waals surface area contributed by atoms with Gasteiger partial charge in [-0.3, -0.25) is 10.1 Å². The number of carbonyl (C=O) groups excluding carboxylic acids is 1. The van der Waals surface area contributed by atoms with Gasteiger partial charge in [-0.05, 0) is 43.3 Å². The van der Waals surface area contributed by atoms with Crippen LogP contribution < -0.4 is 15.4 Å². The number of rotatable bonds is 8. The number of hydrogen-bond donors (Lipinski definition) is 2. The number of esters is 1. The Balaban J connectivity index is 1.94. The Kier molecular flexibility index (Phi) is 6.38. The number of hydrogen-bond acceptors (Lipinski definition) is 9. The van der Waals surface area contributed by atoms with Gasteiger partial charge in [-0.15, -0.1) is 0 Å². The third kappa shape index (κ3) is 4.61. The molecular weight excluding hydrogens is 390 g/mol. The zero-order valence-corrected chi connectivity index (χ0v) is 16.3. The van der Waals surface area contributed by atoms with Gasteiger partial charge < -0.3 is 20.1 Å². The number of carbonyl (C=O) groups is 1. The molecule has 3 aromatic rings. The molecular formula is C20H19N5O5. The van der Waals surface area contributed by atoms with Crippen molar-refractivity contribution in [1.82, 2.24) is 9.97 Å². The van der Waals surface area contributed by atoms with Crippen molar-refractivity contribution in [2.75, 3.05) is 24.4 Å². The maximum Gasteiger partial charge on any atom is 0.353 e. The Morgan fingerprint density at radius 3 is 2.37 bits per heavy atom. The van der Waals surface area contributed by atoms with Crippen molar-refractivity contribution in [2.24, 2.45) is 0 Å². The minimum atomic E-state index is -0.597. The lowest BCUT2D eigenvalue weighted by Crippen LogP contribution is -2.09. The highest BCUT2D eigenvalue weighted by atomic mass is 16.6. The lowest BCUT2D eigenvalue weighted by atomic mass is 10.2. The first-order chi connectivity index (χ1) is 14.5. The van der Waals surface area contributed by atoms with Crippen LogP contribution >= 0.6 is 0 Å². The maximum absolute atomic E-state index is 12.0. The smallest absolute Gasteiger partial charge is 0.353 e. The zero-order chi connectivity index (χ0) is 21.5. The van der Waals surface area contributed by atoms with Gasteiger partial charge in [0.05, 0.1) is 29.9 Å². The zero-order valence-electron chi connectivity index (χ0n) is 16.3. The highest BCUT2D eigenvalue weighted by Gasteiger charge is 2.24. The summed E-state index contributed by atoms with van der Waals surface area (Å²) < 4.78 is 10.1. The first kappa shape index (κ1) is 20.5. The summed E-state index contributed by atoms with van der Waals surface area (Å²) >= 11 is 0. The molecule has 0 radical (unpaired) electrons. The number of nitrogens with zero attached hydrogens (tertiary/aromatic N) is 3. The van der Waals surface area contributed by atoms with Crippen LogP contribution in [-0.4, -0.2) is 34.6 Å². The van der Waals surface area contributed by atoms with Gasteiger partial charge in [-0.1, -0.05) is 12.1 Å². The van der Waals surface area contributed by atoms with Crippen LogP contribution in [0, 0.1) is 10.1 Å². The molecule has 0 saturated carbocycles. The summed E-state index contributed by atoms with van der Waals surface area (Å²) in [6.07, 6.45) is 1.19. The van der Waals surface area contributed by atoms with Crippen LogP contribution in [0.25, 0.3) is 0 Å². The molecule has 0 aliphatic heterocycles. The van der Waals surface area contributed by atoms with E-state index in [0.717, 1.165) is 0 Å². The molecule has 154 valence electrons. The van der Waals surface area contributed by atoms with Crippen LogP contribution in [0.1, 0.15) is 17.3 Å². The van der Waals surface area contributed by atoms with Gasteiger partial charge in [0.2, 0.25) is 11.6 Å². The van der Waals surface area contributed by atoms with Crippen molar-refractivity contribution in [3.05, 3.63) is 70.5 Å². The molecule has 0 atom stereocenters. The number of ether oxygens (including phenoxy) is 2. The molecule has 2 N–H and O–H groups in total. The van der Waals surface area contributed by atoms with Gasteiger partial charge in [-0.2, -0.15) is 0 Å². The minimum Gasteiger partial charge on any atom is -0.494 e. The van der Waals surface area contributed by atoms with Gasteiger partial charge in [-0.25, -0.2) is 14.8 Å². The summed E-state index contributed by atoms with van der Waals surface area (Å²) in [6.45, 7) is 2.41. The summed E-state index contributed by atoms with van der Waals surface area (Å²) in [4.78, 5) is 31.1. The largest absolute Gasteiger partial charge is 0.494 e. The minimum absolute atomic E-state index is 0.00258. The molecule has 10 nitrogen and oxygen atoms in total. The lowest BCUT2D eigenvalue weighted by Gasteiger charge is -2.12. The molecule has 0 unspecified atom stereocenters. The number of aromatic nitrogens is 2. The molecule has 0 aliphatic carbocycles. The molecule has 0 amide bonds. The van der Waals surface area contributed by atoms with Gasteiger partial charge in [0.25, 0.3) is 0 Å². The second-order valence-electron chi connectivity index (χ2n) is 5.92. The van der Waals surface area contributed by atoms with Crippen molar-refractivity contribution in [1.29, 1.82) is 0 Å². The van der Waals surface area contributed by atoms with Crippen LogP contribution in [0.4, 0.5) is 28.7 Å².